The number of aromatic nitrogens is 1. The minimum Gasteiger partial charge on any atom is -0.369 e. The minimum absolute atomic E-state index is 0.653. The standard InChI is InChI=1S/C13H18N4/c14-5-3-11-2-1-7-17(10-11)13-9-16-6-4-12(13)8-15/h4,6,9,11H,1-3,5,7,10,14H2. The summed E-state index contributed by atoms with van der Waals surface area (Å²) >= 11 is 0. The zero-order chi connectivity index (χ0) is 12.1. The summed E-state index contributed by atoms with van der Waals surface area (Å²) in [5.41, 5.74) is 7.30. The van der Waals surface area contributed by atoms with Crippen LogP contribution < -0.4 is 10.6 Å². The molecule has 0 saturated carbocycles. The van der Waals surface area contributed by atoms with E-state index in [1.54, 1.807) is 18.5 Å². The quantitative estimate of drug-likeness (QED) is 0.855. The van der Waals surface area contributed by atoms with Crippen molar-refractivity contribution in [2.45, 2.75) is 19.3 Å². The fraction of sp³-hybridized carbons (Fsp3) is 0.538. The van der Waals surface area contributed by atoms with Gasteiger partial charge in [-0.2, -0.15) is 5.26 Å². The molecule has 0 aliphatic carbocycles. The van der Waals surface area contributed by atoms with Crippen molar-refractivity contribution in [3.63, 3.8) is 0 Å². The number of anilines is 1. The SMILES string of the molecule is N#Cc1ccncc1N1CCCC(CCN)C1. The lowest BCUT2D eigenvalue weighted by Gasteiger charge is -2.34. The zero-order valence-electron chi connectivity index (χ0n) is 9.97. The molecule has 4 heteroatoms. The maximum absolute atomic E-state index is 9.09. The van der Waals surface area contributed by atoms with E-state index >= 15 is 0 Å². The lowest BCUT2D eigenvalue weighted by atomic mass is 9.94. The second-order valence-electron chi connectivity index (χ2n) is 4.54. The van der Waals surface area contributed by atoms with Crippen LogP contribution in [0.15, 0.2) is 18.5 Å². The summed E-state index contributed by atoms with van der Waals surface area (Å²) in [5.74, 6) is 0.653. The second-order valence-corrected chi connectivity index (χ2v) is 4.54. The summed E-state index contributed by atoms with van der Waals surface area (Å²) in [6.45, 7) is 2.76. The van der Waals surface area contributed by atoms with Crippen LogP contribution in [0.25, 0.3) is 0 Å². The lowest BCUT2D eigenvalue weighted by molar-refractivity contribution is 0.396. The molecule has 1 fully saturated rings. The normalized spacial score (nSPS) is 20.0. The average Bonchev–Trinajstić information content (AvgIpc) is 2.39. The molecule has 1 saturated heterocycles. The van der Waals surface area contributed by atoms with E-state index in [9.17, 15) is 0 Å². The summed E-state index contributed by atoms with van der Waals surface area (Å²) in [6, 6.07) is 4.01. The van der Waals surface area contributed by atoms with E-state index in [0.717, 1.165) is 31.7 Å². The number of nitrogens with two attached hydrogens (primary N) is 1. The van der Waals surface area contributed by atoms with Gasteiger partial charge in [0.25, 0.3) is 0 Å². The highest BCUT2D eigenvalue weighted by Crippen LogP contribution is 2.26. The molecule has 1 atom stereocenters. The summed E-state index contributed by atoms with van der Waals surface area (Å²) in [5, 5.41) is 9.09. The van der Waals surface area contributed by atoms with E-state index in [-0.39, 0.29) is 0 Å². The first-order valence-corrected chi connectivity index (χ1v) is 6.14. The molecule has 2 rings (SSSR count). The van der Waals surface area contributed by atoms with E-state index in [0.29, 0.717) is 11.5 Å². The number of pyridine rings is 1. The lowest BCUT2D eigenvalue weighted by Crippen LogP contribution is -2.36. The van der Waals surface area contributed by atoms with Crippen LogP contribution in [0.1, 0.15) is 24.8 Å². The van der Waals surface area contributed by atoms with Crippen LogP contribution in [0, 0.1) is 17.2 Å². The molecule has 1 aromatic heterocycles. The fourth-order valence-electron chi connectivity index (χ4n) is 2.49. The Morgan fingerprint density at radius 1 is 1.59 bits per heavy atom. The Morgan fingerprint density at radius 3 is 3.24 bits per heavy atom. The predicted octanol–water partition coefficient (Wildman–Crippen LogP) is 1.52. The first-order chi connectivity index (χ1) is 8.35. The van der Waals surface area contributed by atoms with Gasteiger partial charge in [-0.25, -0.2) is 0 Å². The van der Waals surface area contributed by atoms with Gasteiger partial charge >= 0.3 is 0 Å². The molecule has 4 nitrogen and oxygen atoms in total. The van der Waals surface area contributed by atoms with E-state index in [1.165, 1.54) is 12.8 Å². The fourth-order valence-corrected chi connectivity index (χ4v) is 2.49. The number of nitrogens with zero attached hydrogens (tertiary/aromatic N) is 3. The highest BCUT2D eigenvalue weighted by atomic mass is 15.1. The van der Waals surface area contributed by atoms with Crippen LogP contribution in [-0.4, -0.2) is 24.6 Å². The smallest absolute Gasteiger partial charge is 0.101 e. The number of hydrogen-bond donors (Lipinski definition) is 1. The third-order valence-electron chi connectivity index (χ3n) is 3.36. The summed E-state index contributed by atoms with van der Waals surface area (Å²) in [6.07, 6.45) is 6.95. The van der Waals surface area contributed by atoms with Gasteiger partial charge in [0.2, 0.25) is 0 Å². The highest BCUT2D eigenvalue weighted by molar-refractivity contribution is 5.57. The van der Waals surface area contributed by atoms with Gasteiger partial charge in [0.1, 0.15) is 6.07 Å². The van der Waals surface area contributed by atoms with Crippen LogP contribution in [0.2, 0.25) is 0 Å². The molecule has 90 valence electrons. The van der Waals surface area contributed by atoms with Crippen LogP contribution >= 0.6 is 0 Å². The van der Waals surface area contributed by atoms with Crippen molar-refractivity contribution in [1.82, 2.24) is 4.98 Å². The van der Waals surface area contributed by atoms with Crippen molar-refractivity contribution in [1.29, 1.82) is 5.26 Å². The average molecular weight is 230 g/mol. The molecular weight excluding hydrogens is 212 g/mol. The molecule has 17 heavy (non-hydrogen) atoms. The predicted molar refractivity (Wildman–Crippen MR) is 67.6 cm³/mol. The molecule has 0 spiro atoms. The van der Waals surface area contributed by atoms with Gasteiger partial charge < -0.3 is 10.6 Å². The van der Waals surface area contributed by atoms with Crippen molar-refractivity contribution in [3.05, 3.63) is 24.0 Å². The monoisotopic (exact) mass is 230 g/mol. The molecule has 1 aromatic rings. The molecule has 1 unspecified atom stereocenters. The number of hydrogen-bond acceptors (Lipinski definition) is 4. The van der Waals surface area contributed by atoms with Gasteiger partial charge in [-0.15, -0.1) is 0 Å². The molecule has 2 heterocycles. The second kappa shape index (κ2) is 5.65. The number of piperidine rings is 1. The molecular formula is C13H18N4. The minimum atomic E-state index is 0.653. The van der Waals surface area contributed by atoms with Crippen molar-refractivity contribution in [2.75, 3.05) is 24.5 Å². The van der Waals surface area contributed by atoms with Crippen molar-refractivity contribution in [2.24, 2.45) is 11.7 Å². The summed E-state index contributed by atoms with van der Waals surface area (Å²) in [7, 11) is 0. The van der Waals surface area contributed by atoms with Gasteiger partial charge in [-0.05, 0) is 37.8 Å². The Morgan fingerprint density at radius 2 is 2.47 bits per heavy atom. The van der Waals surface area contributed by atoms with Gasteiger partial charge in [0.15, 0.2) is 0 Å². The maximum Gasteiger partial charge on any atom is 0.101 e. The number of rotatable bonds is 3. The van der Waals surface area contributed by atoms with Crippen molar-refractivity contribution >= 4 is 5.69 Å². The Kier molecular flexibility index (Phi) is 3.94. The van der Waals surface area contributed by atoms with Gasteiger partial charge in [0.05, 0.1) is 17.4 Å². The van der Waals surface area contributed by atoms with Crippen molar-refractivity contribution < 1.29 is 0 Å². The van der Waals surface area contributed by atoms with Crippen LogP contribution in [0.3, 0.4) is 0 Å². The van der Waals surface area contributed by atoms with Gasteiger partial charge in [-0.1, -0.05) is 0 Å². The van der Waals surface area contributed by atoms with E-state index in [2.05, 4.69) is 16.0 Å². The van der Waals surface area contributed by atoms with Crippen molar-refractivity contribution in [3.8, 4) is 6.07 Å². The summed E-state index contributed by atoms with van der Waals surface area (Å²) < 4.78 is 0. The third-order valence-corrected chi connectivity index (χ3v) is 3.36. The Labute approximate surface area is 102 Å². The van der Waals surface area contributed by atoms with E-state index in [4.69, 9.17) is 11.0 Å². The topological polar surface area (TPSA) is 65.9 Å². The first kappa shape index (κ1) is 11.9. The molecule has 0 amide bonds. The molecule has 2 N–H and O–H groups in total. The summed E-state index contributed by atoms with van der Waals surface area (Å²) in [4.78, 5) is 6.40. The first-order valence-electron chi connectivity index (χ1n) is 6.14. The van der Waals surface area contributed by atoms with Crippen LogP contribution in [0.4, 0.5) is 5.69 Å². The molecule has 1 aliphatic rings. The Balaban J connectivity index is 2.14. The molecule has 0 bridgehead atoms. The molecule has 0 aromatic carbocycles. The van der Waals surface area contributed by atoms with E-state index in [1.807, 2.05) is 0 Å². The molecule has 1 aliphatic heterocycles. The number of nitriles is 1. The zero-order valence-corrected chi connectivity index (χ0v) is 9.97. The van der Waals surface area contributed by atoms with Crippen LogP contribution in [-0.2, 0) is 0 Å². The molecule has 0 radical (unpaired) electrons. The Hall–Kier alpha value is -1.60. The van der Waals surface area contributed by atoms with Gasteiger partial charge in [0, 0.05) is 19.3 Å². The largest absolute Gasteiger partial charge is 0.369 e. The maximum atomic E-state index is 9.09. The van der Waals surface area contributed by atoms with Crippen LogP contribution in [0.5, 0.6) is 0 Å². The van der Waals surface area contributed by atoms with Gasteiger partial charge in [-0.3, -0.25) is 4.98 Å². The Bertz CT molecular complexity index is 408. The third kappa shape index (κ3) is 2.75. The van der Waals surface area contributed by atoms with E-state index < -0.39 is 0 Å². The highest BCUT2D eigenvalue weighted by Gasteiger charge is 2.21.